The number of rotatable bonds is 9. The molecule has 31 heavy (non-hydrogen) atoms. The van der Waals surface area contributed by atoms with Gasteiger partial charge in [-0.1, -0.05) is 47.1 Å². The maximum absolute atomic E-state index is 12.9. The third kappa shape index (κ3) is 5.17. The molecule has 1 aliphatic rings. The number of methoxy groups -OCH3 is 1. The molecule has 2 aromatic carbocycles. The second-order valence-electron chi connectivity index (χ2n) is 7.26. The number of hydrogen-bond donors (Lipinski definition) is 1. The minimum Gasteiger partial charge on any atom is -0.507 e. The number of carbonyl (C=O) groups is 2. The third-order valence-electron chi connectivity index (χ3n) is 5.07. The van der Waals surface area contributed by atoms with Gasteiger partial charge in [-0.3, -0.25) is 9.59 Å². The van der Waals surface area contributed by atoms with E-state index < -0.39 is 17.7 Å². The van der Waals surface area contributed by atoms with Gasteiger partial charge in [0.05, 0.1) is 18.2 Å². The Morgan fingerprint density at radius 3 is 2.35 bits per heavy atom. The number of benzene rings is 2. The number of amides is 1. The van der Waals surface area contributed by atoms with Crippen molar-refractivity contribution in [1.29, 1.82) is 0 Å². The summed E-state index contributed by atoms with van der Waals surface area (Å²) in [7, 11) is 1.59. The Balaban J connectivity index is 2.04. The molecular formula is C24H26BrNO5. The second-order valence-corrected chi connectivity index (χ2v) is 8.18. The topological polar surface area (TPSA) is 76.1 Å². The Morgan fingerprint density at radius 1 is 1.06 bits per heavy atom. The first-order valence-corrected chi connectivity index (χ1v) is 11.0. The Labute approximate surface area is 190 Å². The molecule has 1 aliphatic heterocycles. The van der Waals surface area contributed by atoms with Crippen LogP contribution >= 0.6 is 15.9 Å². The molecule has 1 N–H and O–H groups in total. The van der Waals surface area contributed by atoms with E-state index in [1.165, 1.54) is 4.90 Å². The molecule has 1 amide bonds. The highest BCUT2D eigenvalue weighted by atomic mass is 79.9. The number of aliphatic hydroxyl groups excluding tert-OH is 1. The quantitative estimate of drug-likeness (QED) is 0.240. The molecule has 0 unspecified atom stereocenters. The number of ketones is 1. The van der Waals surface area contributed by atoms with Crippen molar-refractivity contribution in [3.05, 3.63) is 69.7 Å². The first-order valence-electron chi connectivity index (χ1n) is 10.2. The van der Waals surface area contributed by atoms with Gasteiger partial charge in [0, 0.05) is 30.3 Å². The van der Waals surface area contributed by atoms with Crippen LogP contribution in [0.2, 0.25) is 0 Å². The van der Waals surface area contributed by atoms with Crippen molar-refractivity contribution in [3.63, 3.8) is 0 Å². The number of nitrogens with zero attached hydrogens (tertiary/aromatic N) is 1. The first kappa shape index (κ1) is 23.0. The molecule has 2 aromatic rings. The summed E-state index contributed by atoms with van der Waals surface area (Å²) >= 11 is 3.37. The lowest BCUT2D eigenvalue weighted by atomic mass is 9.95. The van der Waals surface area contributed by atoms with Gasteiger partial charge in [0.25, 0.3) is 11.7 Å². The standard InChI is InChI=1S/C24H26BrNO5/c1-3-14-31-19-11-7-16(8-12-19)21-20(22(27)17-5-9-18(25)10-6-17)23(28)24(29)26(21)13-4-15-30-2/h5-12,21,27H,3-4,13-15H2,1-2H3/t21-/m1/s1. The summed E-state index contributed by atoms with van der Waals surface area (Å²) in [5.41, 5.74) is 1.30. The fourth-order valence-electron chi connectivity index (χ4n) is 3.57. The molecule has 7 heteroatoms. The monoisotopic (exact) mass is 487 g/mol. The lowest BCUT2D eigenvalue weighted by Crippen LogP contribution is -2.31. The Hall–Kier alpha value is -2.64. The van der Waals surface area contributed by atoms with Crippen LogP contribution in [0.3, 0.4) is 0 Å². The van der Waals surface area contributed by atoms with E-state index >= 15 is 0 Å². The summed E-state index contributed by atoms with van der Waals surface area (Å²) in [6.07, 6.45) is 1.48. The molecule has 164 valence electrons. The summed E-state index contributed by atoms with van der Waals surface area (Å²) in [4.78, 5) is 27.3. The lowest BCUT2D eigenvalue weighted by molar-refractivity contribution is -0.140. The average Bonchev–Trinajstić information content (AvgIpc) is 3.03. The normalized spacial score (nSPS) is 17.9. The van der Waals surface area contributed by atoms with Gasteiger partial charge >= 0.3 is 0 Å². The van der Waals surface area contributed by atoms with Crippen LogP contribution in [-0.4, -0.2) is 48.6 Å². The number of carbonyl (C=O) groups excluding carboxylic acids is 2. The van der Waals surface area contributed by atoms with Crippen molar-refractivity contribution < 1.29 is 24.2 Å². The van der Waals surface area contributed by atoms with Crippen molar-refractivity contribution in [2.24, 2.45) is 0 Å². The molecule has 0 saturated carbocycles. The molecule has 1 heterocycles. The van der Waals surface area contributed by atoms with Crippen molar-refractivity contribution in [1.82, 2.24) is 4.90 Å². The summed E-state index contributed by atoms with van der Waals surface area (Å²) in [6.45, 7) is 3.45. The first-order chi connectivity index (χ1) is 15.0. The molecule has 0 radical (unpaired) electrons. The molecule has 0 aromatic heterocycles. The van der Waals surface area contributed by atoms with E-state index in [9.17, 15) is 14.7 Å². The van der Waals surface area contributed by atoms with Crippen LogP contribution in [-0.2, 0) is 14.3 Å². The Bertz CT molecular complexity index is 953. The Morgan fingerprint density at radius 2 is 1.74 bits per heavy atom. The van der Waals surface area contributed by atoms with Crippen molar-refractivity contribution in [2.75, 3.05) is 26.9 Å². The third-order valence-corrected chi connectivity index (χ3v) is 5.60. The summed E-state index contributed by atoms with van der Waals surface area (Å²) in [5.74, 6) is -0.772. The molecule has 1 fully saturated rings. The number of likely N-dealkylation sites (tertiary alicyclic amines) is 1. The SMILES string of the molecule is CCCOc1ccc([C@@H]2C(=C(O)c3ccc(Br)cc3)C(=O)C(=O)N2CCCOC)cc1. The zero-order chi connectivity index (χ0) is 22.4. The van der Waals surface area contributed by atoms with Gasteiger partial charge in [-0.15, -0.1) is 0 Å². The van der Waals surface area contributed by atoms with E-state index in [2.05, 4.69) is 15.9 Å². The molecule has 6 nitrogen and oxygen atoms in total. The van der Waals surface area contributed by atoms with E-state index in [1.807, 2.05) is 31.2 Å². The fourth-order valence-corrected chi connectivity index (χ4v) is 3.83. The van der Waals surface area contributed by atoms with Crippen LogP contribution in [0, 0.1) is 0 Å². The maximum Gasteiger partial charge on any atom is 0.295 e. The highest BCUT2D eigenvalue weighted by molar-refractivity contribution is 9.10. The number of halogens is 1. The van der Waals surface area contributed by atoms with E-state index in [4.69, 9.17) is 9.47 Å². The van der Waals surface area contributed by atoms with Crippen molar-refractivity contribution in [3.8, 4) is 5.75 Å². The van der Waals surface area contributed by atoms with Crippen LogP contribution in [0.4, 0.5) is 0 Å². The second kappa shape index (κ2) is 10.6. The largest absolute Gasteiger partial charge is 0.507 e. The van der Waals surface area contributed by atoms with Crippen LogP contribution < -0.4 is 4.74 Å². The fraction of sp³-hybridized carbons (Fsp3) is 0.333. The summed E-state index contributed by atoms with van der Waals surface area (Å²) in [5, 5.41) is 11.0. The smallest absolute Gasteiger partial charge is 0.295 e. The number of Topliss-reactive ketones (excluding diaryl/α,β-unsaturated/α-hetero) is 1. The van der Waals surface area contributed by atoms with Gasteiger partial charge in [-0.2, -0.15) is 0 Å². The number of aliphatic hydroxyl groups is 1. The highest BCUT2D eigenvalue weighted by Gasteiger charge is 2.45. The molecular weight excluding hydrogens is 462 g/mol. The van der Waals surface area contributed by atoms with Crippen LogP contribution in [0.1, 0.15) is 36.9 Å². The minimum absolute atomic E-state index is 0.0898. The summed E-state index contributed by atoms with van der Waals surface area (Å²) < 4.78 is 11.6. The zero-order valence-corrected chi connectivity index (χ0v) is 19.2. The van der Waals surface area contributed by atoms with E-state index in [1.54, 1.807) is 31.4 Å². The molecule has 3 rings (SSSR count). The highest BCUT2D eigenvalue weighted by Crippen LogP contribution is 2.40. The van der Waals surface area contributed by atoms with Gasteiger partial charge in [0.1, 0.15) is 11.5 Å². The van der Waals surface area contributed by atoms with E-state index in [-0.39, 0.29) is 11.3 Å². The average molecular weight is 488 g/mol. The molecule has 0 aliphatic carbocycles. The van der Waals surface area contributed by atoms with Gasteiger partial charge in [0.2, 0.25) is 0 Å². The van der Waals surface area contributed by atoms with Gasteiger partial charge in [-0.05, 0) is 42.7 Å². The van der Waals surface area contributed by atoms with Gasteiger partial charge < -0.3 is 19.5 Å². The van der Waals surface area contributed by atoms with Crippen molar-refractivity contribution in [2.45, 2.75) is 25.8 Å². The number of ether oxygens (including phenoxy) is 2. The van der Waals surface area contributed by atoms with E-state index in [0.717, 1.165) is 22.2 Å². The predicted octanol–water partition coefficient (Wildman–Crippen LogP) is 4.70. The van der Waals surface area contributed by atoms with Gasteiger partial charge in [0.15, 0.2) is 0 Å². The predicted molar refractivity (Wildman–Crippen MR) is 122 cm³/mol. The minimum atomic E-state index is -0.686. The van der Waals surface area contributed by atoms with Crippen molar-refractivity contribution >= 4 is 33.4 Å². The van der Waals surface area contributed by atoms with Crippen LogP contribution in [0.5, 0.6) is 5.75 Å². The summed E-state index contributed by atoms with van der Waals surface area (Å²) in [6, 6.07) is 13.6. The molecule has 0 spiro atoms. The molecule has 1 atom stereocenters. The molecule has 1 saturated heterocycles. The van der Waals surface area contributed by atoms with Gasteiger partial charge in [-0.25, -0.2) is 0 Å². The maximum atomic E-state index is 12.9. The lowest BCUT2D eigenvalue weighted by Gasteiger charge is -2.25. The van der Waals surface area contributed by atoms with Crippen LogP contribution in [0.25, 0.3) is 5.76 Å². The Kier molecular flexibility index (Phi) is 7.87. The van der Waals surface area contributed by atoms with E-state index in [0.29, 0.717) is 31.7 Å². The number of hydrogen-bond acceptors (Lipinski definition) is 5. The zero-order valence-electron chi connectivity index (χ0n) is 17.6. The molecule has 0 bridgehead atoms. The van der Waals surface area contributed by atoms with Crippen LogP contribution in [0.15, 0.2) is 58.6 Å².